The molecule has 1 saturated heterocycles. The van der Waals surface area contributed by atoms with Crippen molar-refractivity contribution in [1.29, 1.82) is 0 Å². The lowest BCUT2D eigenvalue weighted by Gasteiger charge is -2.25. The molecule has 1 aliphatic heterocycles. The molecule has 18 nitrogen and oxygen atoms in total. The van der Waals surface area contributed by atoms with E-state index in [1.807, 2.05) is 23.1 Å². The topological polar surface area (TPSA) is 218 Å². The predicted octanol–water partition coefficient (Wildman–Crippen LogP) is 16.8. The second-order valence-electron chi connectivity index (χ2n) is 23.3. The molecule has 0 spiro atoms. The van der Waals surface area contributed by atoms with Crippen LogP contribution in [0.5, 0.6) is 0 Å². The van der Waals surface area contributed by atoms with E-state index in [0.717, 1.165) is 92.7 Å². The van der Waals surface area contributed by atoms with Crippen molar-refractivity contribution < 1.29 is 49.6 Å². The van der Waals surface area contributed by atoms with Crippen LogP contribution < -0.4 is 21.3 Å². The van der Waals surface area contributed by atoms with Gasteiger partial charge in [-0.2, -0.15) is 0 Å². The molecule has 8 heterocycles. The summed E-state index contributed by atoms with van der Waals surface area (Å²) in [5.41, 5.74) is 6.78. The number of halogens is 5. The number of carbonyl (C=O) groups is 3. The van der Waals surface area contributed by atoms with E-state index in [2.05, 4.69) is 55.7 Å². The van der Waals surface area contributed by atoms with Gasteiger partial charge in [0.15, 0.2) is 34.6 Å². The van der Waals surface area contributed by atoms with Crippen LogP contribution in [0.2, 0.25) is 0 Å². The Hall–Kier alpha value is -11.3. The molecular formula is C73H63F5N12O6. The summed E-state index contributed by atoms with van der Waals surface area (Å²) in [6, 6.07) is 44.4. The van der Waals surface area contributed by atoms with Crippen molar-refractivity contribution in [3.05, 3.63) is 241 Å². The molecule has 0 atom stereocenters. The molecule has 486 valence electrons. The fraction of sp³-hybridized carbons (Fsp3) is 0.205. The number of piperidine rings is 1. The van der Waals surface area contributed by atoms with Crippen molar-refractivity contribution in [2.75, 3.05) is 29.0 Å². The van der Waals surface area contributed by atoms with Gasteiger partial charge in [-0.25, -0.2) is 36.6 Å². The van der Waals surface area contributed by atoms with Crippen LogP contribution in [-0.4, -0.2) is 69.9 Å². The number of aromatic nitrogens is 8. The second-order valence-corrected chi connectivity index (χ2v) is 23.3. The number of nitrogens with zero attached hydrogens (tertiary/aromatic N) is 8. The van der Waals surface area contributed by atoms with Gasteiger partial charge in [0, 0.05) is 41.2 Å². The Morgan fingerprint density at radius 1 is 0.417 bits per heavy atom. The molecule has 2 saturated carbocycles. The van der Waals surface area contributed by atoms with E-state index in [4.69, 9.17) is 13.3 Å². The number of hydrogen-bond donors (Lipinski definition) is 4. The van der Waals surface area contributed by atoms with Crippen molar-refractivity contribution in [2.24, 2.45) is 0 Å². The van der Waals surface area contributed by atoms with Crippen LogP contribution in [0, 0.1) is 29.1 Å². The third kappa shape index (κ3) is 14.1. The molecule has 3 aliphatic rings. The molecule has 23 heteroatoms. The molecule has 5 aromatic carbocycles. The Balaban J connectivity index is 0.000000130. The summed E-state index contributed by atoms with van der Waals surface area (Å²) in [6.45, 7) is 1.78. The molecule has 4 N–H and O–H groups in total. The van der Waals surface area contributed by atoms with Gasteiger partial charge in [0.05, 0.1) is 47.1 Å². The molecule has 7 aromatic heterocycles. The van der Waals surface area contributed by atoms with Crippen LogP contribution in [0.3, 0.4) is 0 Å². The highest BCUT2D eigenvalue weighted by molar-refractivity contribution is 6.04. The molecule has 3 fully saturated rings. The number of benzene rings is 5. The van der Waals surface area contributed by atoms with E-state index in [9.17, 15) is 36.3 Å². The molecule has 2 aliphatic carbocycles. The Bertz CT molecular complexity index is 4670. The molecule has 0 bridgehead atoms. The first-order chi connectivity index (χ1) is 46.9. The number of carbonyl (C=O) groups excluding carboxylic acids is 3. The smallest absolute Gasteiger partial charge is 0.291 e. The Kier molecular flexibility index (Phi) is 19.1. The fourth-order valence-corrected chi connectivity index (χ4v) is 12.3. The largest absolute Gasteiger partial charge is 0.449 e. The van der Waals surface area contributed by atoms with Crippen LogP contribution in [0.15, 0.2) is 208 Å². The highest BCUT2D eigenvalue weighted by Crippen LogP contribution is 2.42. The minimum atomic E-state index is -0.565. The number of imidazole rings is 2. The standard InChI is InChI=1S/C25H22F2N4O2.C24H20F2N4O2.C24H21FN4O2/c26-17-7-5-16(6-8-17)23-24(31(15-29-23)18-11-13-28-14-12-18)21-9-10-22(33-21)25(32)30-20-4-2-1-3-19(20)27;25-16-11-9-15(10-12-16)22-23(30(29-28-22)17-5-1-2-6-17)20-13-14-21(32-20)24(31)27-19-8-4-3-7-18(19)26;25-18-7-3-4-8-19(18)28-24(30)21-10-9-20(31-21)23-22(16-11-13-26-14-12-16)27-15-29(23)17-5-1-2-6-17/h1-10,15,18,28H,11-14H2,(H,30,32);3-4,7-14,17H,1-2,5-6H2,(H,27,31);3-4,7-15,17H,1-2,5-6H2,(H,28,30). The summed E-state index contributed by atoms with van der Waals surface area (Å²) in [5.74, 6) is -2.23. The zero-order chi connectivity index (χ0) is 66.1. The summed E-state index contributed by atoms with van der Waals surface area (Å²) in [5, 5.41) is 19.7. The SMILES string of the molecule is O=C(Nc1ccccc1F)c1ccc(-c2c(-c3ccc(F)cc3)ncn2C2CCNCC2)o1.O=C(Nc1ccccc1F)c1ccc(-c2c(-c3ccc(F)cc3)nnn2C2CCCC2)o1.O=C(Nc1ccccc1F)c1ccc(-c2c(-c3ccncc3)ncn2C2CCCC2)o1. The highest BCUT2D eigenvalue weighted by atomic mass is 19.1. The summed E-state index contributed by atoms with van der Waals surface area (Å²) in [6.07, 6.45) is 17.6. The third-order valence-corrected chi connectivity index (χ3v) is 17.1. The maximum absolute atomic E-state index is 13.9. The lowest BCUT2D eigenvalue weighted by atomic mass is 10.0. The molecule has 3 amide bonds. The first-order valence-corrected chi connectivity index (χ1v) is 31.6. The number of pyridine rings is 1. The van der Waals surface area contributed by atoms with E-state index in [0.29, 0.717) is 46.0 Å². The normalized spacial score (nSPS) is 14.2. The molecule has 96 heavy (non-hydrogen) atoms. The van der Waals surface area contributed by atoms with E-state index >= 15 is 0 Å². The van der Waals surface area contributed by atoms with Gasteiger partial charge in [0.1, 0.15) is 51.9 Å². The van der Waals surface area contributed by atoms with Gasteiger partial charge in [0.2, 0.25) is 0 Å². The maximum Gasteiger partial charge on any atom is 0.291 e. The van der Waals surface area contributed by atoms with Crippen LogP contribution in [0.25, 0.3) is 68.1 Å². The molecule has 0 radical (unpaired) electrons. The molecular weight excluding hydrogens is 1240 g/mol. The molecule has 12 aromatic rings. The quantitative estimate of drug-likeness (QED) is 0.0705. The van der Waals surface area contributed by atoms with Crippen molar-refractivity contribution in [3.8, 4) is 68.1 Å². The van der Waals surface area contributed by atoms with Crippen molar-refractivity contribution in [2.45, 2.75) is 82.3 Å². The second kappa shape index (κ2) is 28.9. The van der Waals surface area contributed by atoms with Gasteiger partial charge in [0.25, 0.3) is 17.7 Å². The van der Waals surface area contributed by atoms with Crippen molar-refractivity contribution >= 4 is 34.8 Å². The zero-order valence-electron chi connectivity index (χ0n) is 51.6. The van der Waals surface area contributed by atoms with Crippen molar-refractivity contribution in [1.82, 2.24) is 44.4 Å². The lowest BCUT2D eigenvalue weighted by Crippen LogP contribution is -2.29. The van der Waals surface area contributed by atoms with E-state index in [1.54, 1.807) is 110 Å². The first kappa shape index (κ1) is 63.4. The van der Waals surface area contributed by atoms with Gasteiger partial charge < -0.3 is 43.7 Å². The lowest BCUT2D eigenvalue weighted by molar-refractivity contribution is 0.0989. The minimum Gasteiger partial charge on any atom is -0.449 e. The number of amides is 3. The third-order valence-electron chi connectivity index (χ3n) is 17.1. The van der Waals surface area contributed by atoms with Crippen LogP contribution in [0.4, 0.5) is 39.0 Å². The summed E-state index contributed by atoms with van der Waals surface area (Å²) < 4.78 is 92.5. The van der Waals surface area contributed by atoms with Gasteiger partial charge >= 0.3 is 0 Å². The van der Waals surface area contributed by atoms with Crippen LogP contribution in [-0.2, 0) is 0 Å². The summed E-state index contributed by atoms with van der Waals surface area (Å²) >= 11 is 0. The van der Waals surface area contributed by atoms with Gasteiger partial charge in [-0.05, 0) is 185 Å². The number of furan rings is 3. The number of hydrogen-bond acceptors (Lipinski definition) is 12. The average Bonchev–Trinajstić information content (AvgIpc) is 1.64. The fourth-order valence-electron chi connectivity index (χ4n) is 12.3. The van der Waals surface area contributed by atoms with Gasteiger partial charge in [-0.1, -0.05) is 67.3 Å². The van der Waals surface area contributed by atoms with Crippen molar-refractivity contribution in [3.63, 3.8) is 0 Å². The van der Waals surface area contributed by atoms with E-state index in [-0.39, 0.29) is 58.1 Å². The van der Waals surface area contributed by atoms with Gasteiger partial charge in [-0.15, -0.1) is 5.10 Å². The molecule has 0 unspecified atom stereocenters. The maximum atomic E-state index is 13.9. The minimum absolute atomic E-state index is 0.0347. The van der Waals surface area contributed by atoms with Crippen LogP contribution >= 0.6 is 0 Å². The summed E-state index contributed by atoms with van der Waals surface area (Å²) in [7, 11) is 0. The zero-order valence-corrected chi connectivity index (χ0v) is 51.6. The predicted molar refractivity (Wildman–Crippen MR) is 351 cm³/mol. The molecule has 15 rings (SSSR count). The monoisotopic (exact) mass is 1300 g/mol. The Morgan fingerprint density at radius 2 is 0.792 bits per heavy atom. The number of para-hydroxylation sites is 3. The van der Waals surface area contributed by atoms with E-state index < -0.39 is 35.2 Å². The first-order valence-electron chi connectivity index (χ1n) is 31.6. The van der Waals surface area contributed by atoms with Gasteiger partial charge in [-0.3, -0.25) is 19.4 Å². The number of rotatable bonds is 15. The average molecular weight is 1300 g/mol. The Labute approximate surface area is 547 Å². The number of anilines is 3. The number of nitrogens with one attached hydrogen (secondary N) is 4. The summed E-state index contributed by atoms with van der Waals surface area (Å²) in [4.78, 5) is 51.3. The Morgan fingerprint density at radius 3 is 1.22 bits per heavy atom. The van der Waals surface area contributed by atoms with Crippen LogP contribution in [0.1, 0.15) is 114 Å². The van der Waals surface area contributed by atoms with E-state index in [1.165, 1.54) is 79.6 Å². The highest BCUT2D eigenvalue weighted by Gasteiger charge is 2.30.